The lowest BCUT2D eigenvalue weighted by atomic mass is 10.0. The molecule has 0 aromatic heterocycles. The molecule has 1 saturated heterocycles. The molecule has 0 bridgehead atoms. The van der Waals surface area contributed by atoms with E-state index in [1.165, 1.54) is 64.2 Å². The van der Waals surface area contributed by atoms with Gasteiger partial charge in [-0.1, -0.05) is 84.3 Å². The highest BCUT2D eigenvalue weighted by Crippen LogP contribution is 2.30. The first-order valence-electron chi connectivity index (χ1n) is 9.04. The van der Waals surface area contributed by atoms with Gasteiger partial charge in [0.05, 0.1) is 12.2 Å². The van der Waals surface area contributed by atoms with Gasteiger partial charge in [0.1, 0.15) is 0 Å². The lowest BCUT2D eigenvalue weighted by molar-refractivity contribution is 0.358. The summed E-state index contributed by atoms with van der Waals surface area (Å²) < 4.78 is 5.73. The van der Waals surface area contributed by atoms with Crippen LogP contribution in [0.4, 0.5) is 0 Å². The van der Waals surface area contributed by atoms with E-state index in [9.17, 15) is 0 Å². The third-order valence-electron chi connectivity index (χ3n) is 4.17. The first-order chi connectivity index (χ1) is 9.74. The van der Waals surface area contributed by atoms with E-state index in [-0.39, 0.29) is 0 Å². The highest BCUT2D eigenvalue weighted by molar-refractivity contribution is 4.93. The molecule has 0 saturated carbocycles. The van der Waals surface area contributed by atoms with Crippen molar-refractivity contribution in [1.29, 1.82) is 0 Å². The molecule has 118 valence electrons. The van der Waals surface area contributed by atoms with Crippen molar-refractivity contribution in [3.8, 4) is 0 Å². The summed E-state index contributed by atoms with van der Waals surface area (Å²) in [6.07, 6.45) is 20.7. The number of rotatable bonds is 13. The Morgan fingerprint density at radius 1 is 0.850 bits per heavy atom. The van der Waals surface area contributed by atoms with E-state index in [0.717, 1.165) is 12.3 Å². The Labute approximate surface area is 127 Å². The third kappa shape index (κ3) is 9.58. The second-order valence-electron chi connectivity index (χ2n) is 6.81. The van der Waals surface area contributed by atoms with Crippen molar-refractivity contribution in [2.24, 2.45) is 5.92 Å². The Hall–Kier alpha value is -0.300. The fraction of sp³-hybridized carbons (Fsp3) is 0.895. The number of ether oxygens (including phenoxy) is 1. The van der Waals surface area contributed by atoms with Crippen molar-refractivity contribution in [3.05, 3.63) is 12.2 Å². The van der Waals surface area contributed by atoms with E-state index in [1.54, 1.807) is 0 Å². The summed E-state index contributed by atoms with van der Waals surface area (Å²) in [7, 11) is 0. The zero-order chi connectivity index (χ0) is 14.6. The molecular weight excluding hydrogens is 244 g/mol. The van der Waals surface area contributed by atoms with Crippen LogP contribution in [0.2, 0.25) is 0 Å². The van der Waals surface area contributed by atoms with Gasteiger partial charge in [-0.15, -0.1) is 0 Å². The zero-order valence-electron chi connectivity index (χ0n) is 14.1. The van der Waals surface area contributed by atoms with Crippen LogP contribution in [0.5, 0.6) is 0 Å². The topological polar surface area (TPSA) is 12.5 Å². The molecule has 0 aliphatic carbocycles. The maximum absolute atomic E-state index is 5.73. The lowest BCUT2D eigenvalue weighted by Crippen LogP contribution is -1.93. The monoisotopic (exact) mass is 280 g/mol. The summed E-state index contributed by atoms with van der Waals surface area (Å²) in [5.41, 5.74) is 0. The Morgan fingerprint density at radius 2 is 1.50 bits per heavy atom. The Morgan fingerprint density at radius 3 is 2.15 bits per heavy atom. The molecule has 2 atom stereocenters. The fourth-order valence-electron chi connectivity index (χ4n) is 2.72. The quantitative estimate of drug-likeness (QED) is 0.220. The molecule has 1 heterocycles. The van der Waals surface area contributed by atoms with E-state index in [0.29, 0.717) is 12.2 Å². The summed E-state index contributed by atoms with van der Waals surface area (Å²) in [6, 6.07) is 0. The van der Waals surface area contributed by atoms with Gasteiger partial charge in [-0.05, 0) is 25.2 Å². The smallest absolute Gasteiger partial charge is 0.0876 e. The number of allylic oxidation sites excluding steroid dienone is 1. The predicted molar refractivity (Wildman–Crippen MR) is 89.1 cm³/mol. The molecule has 0 amide bonds. The fourth-order valence-corrected chi connectivity index (χ4v) is 2.72. The Bertz CT molecular complexity index is 244. The minimum Gasteiger partial charge on any atom is -0.369 e. The molecule has 2 unspecified atom stereocenters. The number of hydrogen-bond donors (Lipinski definition) is 0. The van der Waals surface area contributed by atoms with Gasteiger partial charge in [0.15, 0.2) is 0 Å². The normalized spacial score (nSPS) is 22.0. The van der Waals surface area contributed by atoms with Gasteiger partial charge < -0.3 is 4.74 Å². The SMILES string of the molecule is CCCCCCCCCCC1OC1C/C=C/CC(C)C. The van der Waals surface area contributed by atoms with Crippen LogP contribution in [-0.4, -0.2) is 12.2 Å². The molecule has 20 heavy (non-hydrogen) atoms. The Kier molecular flexibility index (Phi) is 10.1. The van der Waals surface area contributed by atoms with Gasteiger partial charge in [-0.2, -0.15) is 0 Å². The van der Waals surface area contributed by atoms with Crippen LogP contribution in [0.1, 0.15) is 91.4 Å². The average Bonchev–Trinajstić information content (AvgIpc) is 3.16. The summed E-state index contributed by atoms with van der Waals surface area (Å²) in [4.78, 5) is 0. The average molecular weight is 280 g/mol. The van der Waals surface area contributed by atoms with E-state index in [1.807, 2.05) is 0 Å². The number of unbranched alkanes of at least 4 members (excludes halogenated alkanes) is 7. The van der Waals surface area contributed by atoms with Crippen LogP contribution in [0, 0.1) is 5.92 Å². The molecule has 0 spiro atoms. The van der Waals surface area contributed by atoms with Crippen LogP contribution < -0.4 is 0 Å². The second-order valence-corrected chi connectivity index (χ2v) is 6.81. The largest absolute Gasteiger partial charge is 0.369 e. The van der Waals surface area contributed by atoms with Crippen molar-refractivity contribution < 1.29 is 4.74 Å². The van der Waals surface area contributed by atoms with Gasteiger partial charge in [-0.3, -0.25) is 0 Å². The van der Waals surface area contributed by atoms with E-state index < -0.39 is 0 Å². The highest BCUT2D eigenvalue weighted by Gasteiger charge is 2.36. The zero-order valence-corrected chi connectivity index (χ0v) is 14.1. The van der Waals surface area contributed by atoms with Crippen LogP contribution in [0.3, 0.4) is 0 Å². The molecule has 0 aromatic rings. The minimum absolute atomic E-state index is 0.544. The second kappa shape index (κ2) is 11.4. The van der Waals surface area contributed by atoms with Crippen molar-refractivity contribution in [2.45, 2.75) is 104 Å². The van der Waals surface area contributed by atoms with Crippen LogP contribution >= 0.6 is 0 Å². The Balaban J connectivity index is 1.82. The molecular formula is C19H36O. The minimum atomic E-state index is 0.544. The third-order valence-corrected chi connectivity index (χ3v) is 4.17. The van der Waals surface area contributed by atoms with Gasteiger partial charge in [-0.25, -0.2) is 0 Å². The summed E-state index contributed by atoms with van der Waals surface area (Å²) in [5, 5.41) is 0. The van der Waals surface area contributed by atoms with Crippen molar-refractivity contribution >= 4 is 0 Å². The van der Waals surface area contributed by atoms with Gasteiger partial charge in [0, 0.05) is 0 Å². The van der Waals surface area contributed by atoms with E-state index in [4.69, 9.17) is 4.74 Å². The highest BCUT2D eigenvalue weighted by atomic mass is 16.6. The molecule has 1 heteroatoms. The number of hydrogen-bond acceptors (Lipinski definition) is 1. The van der Waals surface area contributed by atoms with E-state index in [2.05, 4.69) is 32.9 Å². The first-order valence-corrected chi connectivity index (χ1v) is 9.04. The number of epoxide rings is 1. The molecule has 1 fully saturated rings. The predicted octanol–water partition coefficient (Wildman–Crippen LogP) is 6.28. The maximum Gasteiger partial charge on any atom is 0.0876 e. The standard InChI is InChI=1S/C19H36O/c1-4-5-6-7-8-9-10-11-15-18-19(20-18)16-13-12-14-17(2)3/h12-13,17-19H,4-11,14-16H2,1-3H3/b13-12+. The van der Waals surface area contributed by atoms with E-state index >= 15 is 0 Å². The molecule has 1 aliphatic rings. The molecule has 0 N–H and O–H groups in total. The maximum atomic E-state index is 5.73. The summed E-state index contributed by atoms with van der Waals surface area (Å²) in [6.45, 7) is 6.82. The van der Waals surface area contributed by atoms with Crippen molar-refractivity contribution in [3.63, 3.8) is 0 Å². The molecule has 1 aliphatic heterocycles. The van der Waals surface area contributed by atoms with Crippen LogP contribution in [-0.2, 0) is 4.74 Å². The van der Waals surface area contributed by atoms with Crippen LogP contribution in [0.15, 0.2) is 12.2 Å². The molecule has 0 aromatic carbocycles. The summed E-state index contributed by atoms with van der Waals surface area (Å²) >= 11 is 0. The van der Waals surface area contributed by atoms with Gasteiger partial charge >= 0.3 is 0 Å². The molecule has 0 radical (unpaired) electrons. The van der Waals surface area contributed by atoms with Crippen LogP contribution in [0.25, 0.3) is 0 Å². The van der Waals surface area contributed by atoms with Gasteiger partial charge in [0.2, 0.25) is 0 Å². The molecule has 1 nitrogen and oxygen atoms in total. The van der Waals surface area contributed by atoms with Gasteiger partial charge in [0.25, 0.3) is 0 Å². The lowest BCUT2D eigenvalue weighted by Gasteiger charge is -2.00. The first kappa shape index (κ1) is 17.8. The molecule has 1 rings (SSSR count). The van der Waals surface area contributed by atoms with Crippen molar-refractivity contribution in [1.82, 2.24) is 0 Å². The van der Waals surface area contributed by atoms with Crippen molar-refractivity contribution in [2.75, 3.05) is 0 Å². The summed E-state index contributed by atoms with van der Waals surface area (Å²) in [5.74, 6) is 0.777.